The fourth-order valence-electron chi connectivity index (χ4n) is 3.88. The van der Waals surface area contributed by atoms with Crippen molar-refractivity contribution in [2.75, 3.05) is 19.6 Å². The van der Waals surface area contributed by atoms with E-state index in [4.69, 9.17) is 4.84 Å². The second-order valence-corrected chi connectivity index (χ2v) is 7.30. The van der Waals surface area contributed by atoms with Gasteiger partial charge in [0, 0.05) is 19.6 Å². The maximum absolute atomic E-state index is 13.2. The lowest BCUT2D eigenvalue weighted by Gasteiger charge is -2.26. The van der Waals surface area contributed by atoms with Crippen LogP contribution in [0.1, 0.15) is 37.5 Å². The first kappa shape index (κ1) is 21.0. The molecule has 0 heterocycles. The van der Waals surface area contributed by atoms with Gasteiger partial charge in [0.25, 0.3) is 0 Å². The van der Waals surface area contributed by atoms with Crippen LogP contribution in [-0.2, 0) is 19.8 Å². The summed E-state index contributed by atoms with van der Waals surface area (Å²) in [4.78, 5) is 32.3. The Balaban J connectivity index is 1.63. The van der Waals surface area contributed by atoms with E-state index < -0.39 is 17.5 Å². The molecule has 1 amide bonds. The molecule has 6 nitrogen and oxygen atoms in total. The van der Waals surface area contributed by atoms with Gasteiger partial charge in [0.1, 0.15) is 0 Å². The molecule has 2 aromatic rings. The van der Waals surface area contributed by atoms with Gasteiger partial charge in [0.15, 0.2) is 6.10 Å². The highest BCUT2D eigenvalue weighted by Crippen LogP contribution is 2.55. The van der Waals surface area contributed by atoms with E-state index in [1.54, 1.807) is 24.3 Å². The standard InChI is InChI=1S/C23H28N2O4/c1-3-25(4-2)22(28)23(18-13-9-6-10-14-18)15-19(23)16-24-29-21(27)20(26)17-11-7-5-8-12-17/h5-14,19-20,24,26H,3-4,15-16H2,1-2H3/t19-,20+,23+/m0/s1. The number of carbonyl (C=O) groups is 2. The Kier molecular flexibility index (Phi) is 6.67. The third-order valence-electron chi connectivity index (χ3n) is 5.67. The number of aliphatic hydroxyl groups is 1. The van der Waals surface area contributed by atoms with Crippen LogP contribution in [0.4, 0.5) is 0 Å². The fourth-order valence-corrected chi connectivity index (χ4v) is 3.88. The Hall–Kier alpha value is -2.70. The van der Waals surface area contributed by atoms with Crippen LogP contribution >= 0.6 is 0 Å². The molecule has 154 valence electrons. The van der Waals surface area contributed by atoms with Crippen LogP contribution < -0.4 is 5.48 Å². The average molecular weight is 396 g/mol. The van der Waals surface area contributed by atoms with E-state index in [1.165, 1.54) is 0 Å². The van der Waals surface area contributed by atoms with Crippen LogP contribution in [0.2, 0.25) is 0 Å². The van der Waals surface area contributed by atoms with E-state index in [-0.39, 0.29) is 11.8 Å². The molecule has 1 saturated carbocycles. The Morgan fingerprint density at radius 1 is 1.10 bits per heavy atom. The van der Waals surface area contributed by atoms with Crippen molar-refractivity contribution in [1.82, 2.24) is 10.4 Å². The molecule has 1 fully saturated rings. The van der Waals surface area contributed by atoms with E-state index in [1.807, 2.05) is 55.1 Å². The van der Waals surface area contributed by atoms with Crippen molar-refractivity contribution in [3.63, 3.8) is 0 Å². The summed E-state index contributed by atoms with van der Waals surface area (Å²) in [6.45, 7) is 5.60. The molecule has 0 spiro atoms. The Morgan fingerprint density at radius 2 is 1.69 bits per heavy atom. The zero-order valence-electron chi connectivity index (χ0n) is 16.9. The molecule has 3 rings (SSSR count). The summed E-state index contributed by atoms with van der Waals surface area (Å²) in [7, 11) is 0. The van der Waals surface area contributed by atoms with Crippen molar-refractivity contribution in [3.05, 3.63) is 71.8 Å². The lowest BCUT2D eigenvalue weighted by atomic mass is 9.91. The van der Waals surface area contributed by atoms with E-state index in [0.717, 1.165) is 5.56 Å². The van der Waals surface area contributed by atoms with Gasteiger partial charge in [-0.25, -0.2) is 4.79 Å². The number of hydrogen-bond acceptors (Lipinski definition) is 5. The number of nitrogens with one attached hydrogen (secondary N) is 1. The molecule has 29 heavy (non-hydrogen) atoms. The number of benzene rings is 2. The van der Waals surface area contributed by atoms with Gasteiger partial charge >= 0.3 is 5.97 Å². The third kappa shape index (κ3) is 4.33. The van der Waals surface area contributed by atoms with E-state index in [0.29, 0.717) is 31.6 Å². The monoisotopic (exact) mass is 396 g/mol. The highest BCUT2D eigenvalue weighted by Gasteiger charge is 2.61. The molecule has 3 atom stereocenters. The first-order valence-corrected chi connectivity index (χ1v) is 10.1. The zero-order valence-corrected chi connectivity index (χ0v) is 16.9. The molecule has 0 aliphatic heterocycles. The third-order valence-corrected chi connectivity index (χ3v) is 5.67. The molecule has 2 aromatic carbocycles. The predicted octanol–water partition coefficient (Wildman–Crippen LogP) is 2.59. The number of hydrogen-bond donors (Lipinski definition) is 2. The summed E-state index contributed by atoms with van der Waals surface area (Å²) < 4.78 is 0. The molecule has 6 heteroatoms. The van der Waals surface area contributed by atoms with Crippen LogP contribution in [-0.4, -0.2) is 41.5 Å². The van der Waals surface area contributed by atoms with E-state index in [9.17, 15) is 14.7 Å². The van der Waals surface area contributed by atoms with Gasteiger partial charge in [-0.3, -0.25) is 4.79 Å². The maximum atomic E-state index is 13.2. The molecule has 0 bridgehead atoms. The van der Waals surface area contributed by atoms with Crippen molar-refractivity contribution in [3.8, 4) is 0 Å². The smallest absolute Gasteiger partial charge is 0.358 e. The Bertz CT molecular complexity index is 823. The Labute approximate surface area is 171 Å². The van der Waals surface area contributed by atoms with Gasteiger partial charge in [-0.2, -0.15) is 5.48 Å². The van der Waals surface area contributed by atoms with Crippen LogP contribution in [0.3, 0.4) is 0 Å². The summed E-state index contributed by atoms with van der Waals surface area (Å²) in [6, 6.07) is 18.4. The van der Waals surface area contributed by atoms with Gasteiger partial charge in [-0.05, 0) is 37.3 Å². The van der Waals surface area contributed by atoms with Crippen molar-refractivity contribution < 1.29 is 19.5 Å². The zero-order chi connectivity index (χ0) is 20.9. The Morgan fingerprint density at radius 3 is 2.28 bits per heavy atom. The fraction of sp³-hybridized carbons (Fsp3) is 0.391. The number of carbonyl (C=O) groups excluding carboxylic acids is 2. The highest BCUT2D eigenvalue weighted by atomic mass is 16.7. The van der Waals surface area contributed by atoms with Gasteiger partial charge < -0.3 is 14.8 Å². The lowest BCUT2D eigenvalue weighted by Crippen LogP contribution is -2.41. The molecular formula is C23H28N2O4. The molecule has 0 saturated heterocycles. The molecule has 0 unspecified atom stereocenters. The topological polar surface area (TPSA) is 78.9 Å². The van der Waals surface area contributed by atoms with Crippen molar-refractivity contribution in [2.24, 2.45) is 5.92 Å². The highest BCUT2D eigenvalue weighted by molar-refractivity contribution is 5.92. The normalized spacial score (nSPS) is 21.3. The minimum atomic E-state index is -1.35. The molecule has 1 aliphatic carbocycles. The van der Waals surface area contributed by atoms with Gasteiger partial charge in [0.05, 0.1) is 5.41 Å². The summed E-state index contributed by atoms with van der Waals surface area (Å²) in [6.07, 6.45) is -0.655. The molecular weight excluding hydrogens is 368 g/mol. The van der Waals surface area contributed by atoms with E-state index in [2.05, 4.69) is 5.48 Å². The second kappa shape index (κ2) is 9.20. The first-order chi connectivity index (χ1) is 14.0. The van der Waals surface area contributed by atoms with Gasteiger partial charge in [-0.15, -0.1) is 0 Å². The summed E-state index contributed by atoms with van der Waals surface area (Å²) in [5, 5.41) is 10.1. The summed E-state index contributed by atoms with van der Waals surface area (Å²) in [5.74, 6) is -0.645. The summed E-state index contributed by atoms with van der Waals surface area (Å²) >= 11 is 0. The van der Waals surface area contributed by atoms with Crippen LogP contribution in [0.25, 0.3) is 0 Å². The number of likely N-dealkylation sites (N-methyl/N-ethyl adjacent to an activating group) is 1. The minimum Gasteiger partial charge on any atom is -0.377 e. The largest absolute Gasteiger partial charge is 0.377 e. The second-order valence-electron chi connectivity index (χ2n) is 7.30. The van der Waals surface area contributed by atoms with Crippen LogP contribution in [0.15, 0.2) is 60.7 Å². The number of rotatable bonds is 9. The number of hydroxylamine groups is 1. The molecule has 0 aromatic heterocycles. The average Bonchev–Trinajstić information content (AvgIpc) is 3.50. The van der Waals surface area contributed by atoms with Crippen LogP contribution in [0, 0.1) is 5.92 Å². The number of nitrogens with zero attached hydrogens (tertiary/aromatic N) is 1. The van der Waals surface area contributed by atoms with Gasteiger partial charge in [-0.1, -0.05) is 60.7 Å². The van der Waals surface area contributed by atoms with E-state index >= 15 is 0 Å². The van der Waals surface area contributed by atoms with Crippen molar-refractivity contribution in [2.45, 2.75) is 31.8 Å². The minimum absolute atomic E-state index is 0.0136. The predicted molar refractivity (Wildman–Crippen MR) is 110 cm³/mol. The SMILES string of the molecule is CCN(CC)C(=O)[C@@]1(c2ccccc2)C[C@H]1CNOC(=O)[C@H](O)c1ccccc1. The number of aliphatic hydroxyl groups excluding tert-OH is 1. The van der Waals surface area contributed by atoms with Crippen LogP contribution in [0.5, 0.6) is 0 Å². The van der Waals surface area contributed by atoms with Crippen molar-refractivity contribution >= 4 is 11.9 Å². The lowest BCUT2D eigenvalue weighted by molar-refractivity contribution is -0.161. The number of amides is 1. The van der Waals surface area contributed by atoms with Crippen molar-refractivity contribution in [1.29, 1.82) is 0 Å². The molecule has 0 radical (unpaired) electrons. The van der Waals surface area contributed by atoms with Gasteiger partial charge in [0.2, 0.25) is 5.91 Å². The molecule has 1 aliphatic rings. The first-order valence-electron chi connectivity index (χ1n) is 10.1. The summed E-state index contributed by atoms with van der Waals surface area (Å²) in [5.41, 5.74) is 3.54. The molecule has 2 N–H and O–H groups in total. The maximum Gasteiger partial charge on any atom is 0.358 e. The quantitative estimate of drug-likeness (QED) is 0.637.